The molecule has 0 spiro atoms. The SMILES string of the molecule is CC(=O)N1C[C@H]2CCCN[C@H]2C1. The van der Waals surface area contributed by atoms with Crippen LogP contribution >= 0.6 is 0 Å². The molecule has 2 atom stereocenters. The number of rotatable bonds is 0. The van der Waals surface area contributed by atoms with E-state index in [0.29, 0.717) is 6.04 Å². The molecule has 0 saturated carbocycles. The molecule has 2 aliphatic rings. The van der Waals surface area contributed by atoms with E-state index in [1.807, 2.05) is 4.90 Å². The predicted octanol–water partition coefficient (Wildman–Crippen LogP) is 0.217. The zero-order valence-corrected chi connectivity index (χ0v) is 7.55. The van der Waals surface area contributed by atoms with Crippen molar-refractivity contribution >= 4 is 5.91 Å². The van der Waals surface area contributed by atoms with Crippen LogP contribution in [-0.2, 0) is 4.79 Å². The number of hydrogen-bond donors (Lipinski definition) is 1. The van der Waals surface area contributed by atoms with Gasteiger partial charge in [0, 0.05) is 26.1 Å². The summed E-state index contributed by atoms with van der Waals surface area (Å²) in [6, 6.07) is 0.586. The Morgan fingerprint density at radius 2 is 2.33 bits per heavy atom. The number of carbonyl (C=O) groups is 1. The minimum absolute atomic E-state index is 0.228. The van der Waals surface area contributed by atoms with Gasteiger partial charge in [-0.2, -0.15) is 0 Å². The van der Waals surface area contributed by atoms with E-state index in [4.69, 9.17) is 0 Å². The Balaban J connectivity index is 1.98. The van der Waals surface area contributed by atoms with E-state index in [2.05, 4.69) is 5.32 Å². The van der Waals surface area contributed by atoms with Crippen molar-refractivity contribution in [1.29, 1.82) is 0 Å². The van der Waals surface area contributed by atoms with Crippen LogP contribution in [0.1, 0.15) is 19.8 Å². The third kappa shape index (κ3) is 1.33. The molecular weight excluding hydrogens is 152 g/mol. The van der Waals surface area contributed by atoms with E-state index in [-0.39, 0.29) is 5.91 Å². The highest BCUT2D eigenvalue weighted by Gasteiger charge is 2.34. The first-order valence-electron chi connectivity index (χ1n) is 4.76. The summed E-state index contributed by atoms with van der Waals surface area (Å²) in [7, 11) is 0. The highest BCUT2D eigenvalue weighted by molar-refractivity contribution is 5.73. The lowest BCUT2D eigenvalue weighted by Gasteiger charge is -2.24. The molecule has 2 heterocycles. The fourth-order valence-corrected chi connectivity index (χ4v) is 2.30. The van der Waals surface area contributed by atoms with E-state index < -0.39 is 0 Å². The third-order valence-electron chi connectivity index (χ3n) is 3.04. The number of nitrogens with zero attached hydrogens (tertiary/aromatic N) is 1. The molecule has 2 rings (SSSR count). The van der Waals surface area contributed by atoms with E-state index in [0.717, 1.165) is 25.6 Å². The second-order valence-electron chi connectivity index (χ2n) is 3.89. The van der Waals surface area contributed by atoms with Crippen LogP contribution in [0.4, 0.5) is 0 Å². The normalized spacial score (nSPS) is 34.9. The lowest BCUT2D eigenvalue weighted by Crippen LogP contribution is -2.40. The van der Waals surface area contributed by atoms with E-state index >= 15 is 0 Å². The summed E-state index contributed by atoms with van der Waals surface area (Å²) in [5, 5.41) is 3.47. The first-order chi connectivity index (χ1) is 5.77. The van der Waals surface area contributed by atoms with Gasteiger partial charge in [0.25, 0.3) is 0 Å². The summed E-state index contributed by atoms with van der Waals surface area (Å²) < 4.78 is 0. The molecule has 68 valence electrons. The summed E-state index contributed by atoms with van der Waals surface area (Å²) in [4.78, 5) is 13.1. The molecule has 0 aromatic rings. The Morgan fingerprint density at radius 1 is 1.50 bits per heavy atom. The van der Waals surface area contributed by atoms with Crippen LogP contribution in [0.2, 0.25) is 0 Å². The van der Waals surface area contributed by atoms with Gasteiger partial charge >= 0.3 is 0 Å². The van der Waals surface area contributed by atoms with Gasteiger partial charge in [-0.05, 0) is 25.3 Å². The van der Waals surface area contributed by atoms with E-state index in [9.17, 15) is 4.79 Å². The maximum Gasteiger partial charge on any atom is 0.219 e. The molecule has 3 nitrogen and oxygen atoms in total. The summed E-state index contributed by atoms with van der Waals surface area (Å²) in [6.45, 7) is 4.71. The Morgan fingerprint density at radius 3 is 3.00 bits per heavy atom. The quantitative estimate of drug-likeness (QED) is 0.561. The van der Waals surface area contributed by atoms with Gasteiger partial charge in [-0.1, -0.05) is 0 Å². The van der Waals surface area contributed by atoms with Crippen molar-refractivity contribution in [3.05, 3.63) is 0 Å². The number of fused-ring (bicyclic) bond motifs is 1. The van der Waals surface area contributed by atoms with Crippen LogP contribution in [0.25, 0.3) is 0 Å². The van der Waals surface area contributed by atoms with Crippen molar-refractivity contribution in [2.45, 2.75) is 25.8 Å². The van der Waals surface area contributed by atoms with Crippen molar-refractivity contribution in [2.75, 3.05) is 19.6 Å². The summed E-state index contributed by atoms with van der Waals surface area (Å²) >= 11 is 0. The molecule has 2 aliphatic heterocycles. The standard InChI is InChI=1S/C9H16N2O/c1-7(12)11-5-8-3-2-4-10-9(8)6-11/h8-10H,2-6H2,1H3/t8-,9+/m1/s1. The minimum Gasteiger partial charge on any atom is -0.341 e. The topological polar surface area (TPSA) is 32.3 Å². The van der Waals surface area contributed by atoms with Crippen LogP contribution in [0, 0.1) is 5.92 Å². The number of nitrogens with one attached hydrogen (secondary N) is 1. The van der Waals surface area contributed by atoms with E-state index in [1.54, 1.807) is 6.92 Å². The highest BCUT2D eigenvalue weighted by atomic mass is 16.2. The van der Waals surface area contributed by atoms with E-state index in [1.165, 1.54) is 12.8 Å². The lowest BCUT2D eigenvalue weighted by molar-refractivity contribution is -0.127. The maximum absolute atomic E-state index is 11.1. The van der Waals surface area contributed by atoms with Gasteiger partial charge in [0.05, 0.1) is 0 Å². The molecule has 0 bridgehead atoms. The van der Waals surface area contributed by atoms with Crippen LogP contribution in [0.5, 0.6) is 0 Å². The Bertz CT molecular complexity index is 179. The summed E-state index contributed by atoms with van der Waals surface area (Å²) in [5.74, 6) is 0.953. The van der Waals surface area contributed by atoms with Crippen LogP contribution in [-0.4, -0.2) is 36.5 Å². The van der Waals surface area contributed by atoms with Gasteiger partial charge in [0.15, 0.2) is 0 Å². The lowest BCUT2D eigenvalue weighted by atomic mass is 9.94. The number of amides is 1. The van der Waals surface area contributed by atoms with Crippen LogP contribution in [0.3, 0.4) is 0 Å². The van der Waals surface area contributed by atoms with Gasteiger partial charge in [0.1, 0.15) is 0 Å². The van der Waals surface area contributed by atoms with Crippen molar-refractivity contribution in [3.8, 4) is 0 Å². The molecule has 0 aromatic carbocycles. The molecular formula is C9H16N2O. The average Bonchev–Trinajstić information content (AvgIpc) is 2.46. The molecule has 0 radical (unpaired) electrons. The van der Waals surface area contributed by atoms with Crippen LogP contribution < -0.4 is 5.32 Å². The summed E-state index contributed by atoms with van der Waals surface area (Å²) in [6.07, 6.45) is 2.56. The molecule has 12 heavy (non-hydrogen) atoms. The molecule has 1 N–H and O–H groups in total. The first kappa shape index (κ1) is 8.05. The number of piperidine rings is 1. The molecule has 2 fully saturated rings. The van der Waals surface area contributed by atoms with Gasteiger partial charge in [-0.3, -0.25) is 4.79 Å². The predicted molar refractivity (Wildman–Crippen MR) is 46.8 cm³/mol. The van der Waals surface area contributed by atoms with Gasteiger partial charge in [-0.25, -0.2) is 0 Å². The number of hydrogen-bond acceptors (Lipinski definition) is 2. The molecule has 3 heteroatoms. The Labute approximate surface area is 73.1 Å². The molecule has 0 unspecified atom stereocenters. The smallest absolute Gasteiger partial charge is 0.219 e. The number of carbonyl (C=O) groups excluding carboxylic acids is 1. The van der Waals surface area contributed by atoms with Gasteiger partial charge < -0.3 is 10.2 Å². The zero-order valence-electron chi connectivity index (χ0n) is 7.55. The third-order valence-corrected chi connectivity index (χ3v) is 3.04. The summed E-state index contributed by atoms with van der Waals surface area (Å²) in [5.41, 5.74) is 0. The molecule has 1 amide bonds. The van der Waals surface area contributed by atoms with Crippen molar-refractivity contribution < 1.29 is 4.79 Å². The van der Waals surface area contributed by atoms with Gasteiger partial charge in [0.2, 0.25) is 5.91 Å². The van der Waals surface area contributed by atoms with Crippen molar-refractivity contribution in [3.63, 3.8) is 0 Å². The van der Waals surface area contributed by atoms with Crippen LogP contribution in [0.15, 0.2) is 0 Å². The fourth-order valence-electron chi connectivity index (χ4n) is 2.30. The molecule has 0 aromatic heterocycles. The Kier molecular flexibility index (Phi) is 2.05. The van der Waals surface area contributed by atoms with Crippen molar-refractivity contribution in [1.82, 2.24) is 10.2 Å². The molecule has 0 aliphatic carbocycles. The largest absolute Gasteiger partial charge is 0.341 e. The fraction of sp³-hybridized carbons (Fsp3) is 0.889. The van der Waals surface area contributed by atoms with Gasteiger partial charge in [-0.15, -0.1) is 0 Å². The Hall–Kier alpha value is -0.570. The monoisotopic (exact) mass is 168 g/mol. The zero-order chi connectivity index (χ0) is 8.55. The number of likely N-dealkylation sites (tertiary alicyclic amines) is 1. The molecule has 2 saturated heterocycles. The first-order valence-corrected chi connectivity index (χ1v) is 4.76. The second-order valence-corrected chi connectivity index (χ2v) is 3.89. The maximum atomic E-state index is 11.1. The van der Waals surface area contributed by atoms with Crippen molar-refractivity contribution in [2.24, 2.45) is 5.92 Å². The highest BCUT2D eigenvalue weighted by Crippen LogP contribution is 2.24. The minimum atomic E-state index is 0.228. The average molecular weight is 168 g/mol. The second kappa shape index (κ2) is 3.05.